The molecule has 1 aromatic carbocycles. The molecule has 0 unspecified atom stereocenters. The molecule has 0 aliphatic rings. The Morgan fingerprint density at radius 2 is 1.81 bits per heavy atom. The maximum Gasteiger partial charge on any atom is 0.322 e. The molecule has 1 aromatic heterocycles. The average Bonchev–Trinajstić information content (AvgIpc) is 2.86. The quantitative estimate of drug-likeness (QED) is 0.654. The molecule has 0 atom stereocenters. The number of nitrogens with zero attached hydrogens (tertiary/aromatic N) is 2. The van der Waals surface area contributed by atoms with Gasteiger partial charge in [0.1, 0.15) is 13.1 Å². The van der Waals surface area contributed by atoms with Crippen molar-refractivity contribution < 1.29 is 19.5 Å². The summed E-state index contributed by atoms with van der Waals surface area (Å²) in [4.78, 5) is 37.4. The number of carboxylic acid groups (broad SMARTS) is 1. The van der Waals surface area contributed by atoms with Gasteiger partial charge in [0, 0.05) is 0 Å². The molecule has 2 rings (SSSR count). The van der Waals surface area contributed by atoms with E-state index in [1.54, 1.807) is 10.9 Å². The van der Waals surface area contributed by atoms with Gasteiger partial charge in [0.15, 0.2) is 0 Å². The van der Waals surface area contributed by atoms with E-state index in [-0.39, 0.29) is 19.0 Å². The van der Waals surface area contributed by atoms with E-state index in [1.807, 2.05) is 24.3 Å². The van der Waals surface area contributed by atoms with Crippen molar-refractivity contribution in [1.82, 2.24) is 20.2 Å². The Balaban J connectivity index is 1.85. The van der Waals surface area contributed by atoms with Crippen molar-refractivity contribution in [2.45, 2.75) is 6.54 Å². The molecule has 21 heavy (non-hydrogen) atoms. The number of rotatable bonds is 6. The van der Waals surface area contributed by atoms with E-state index in [0.29, 0.717) is 0 Å². The van der Waals surface area contributed by atoms with Gasteiger partial charge in [-0.05, 0) is 12.1 Å². The molecular weight excluding hydrogens is 276 g/mol. The number of carboxylic acids is 1. The first-order valence-corrected chi connectivity index (χ1v) is 6.21. The first-order chi connectivity index (χ1) is 10.1. The molecule has 8 nitrogen and oxygen atoms in total. The van der Waals surface area contributed by atoms with Crippen LogP contribution in [0.4, 0.5) is 0 Å². The lowest BCUT2D eigenvalue weighted by Crippen LogP contribution is -2.40. The third-order valence-corrected chi connectivity index (χ3v) is 2.72. The molecule has 8 heteroatoms. The Morgan fingerprint density at radius 1 is 1.10 bits per heavy atom. The van der Waals surface area contributed by atoms with Crippen LogP contribution in [0, 0.1) is 0 Å². The number of para-hydroxylation sites is 2. The van der Waals surface area contributed by atoms with Crippen LogP contribution < -0.4 is 10.6 Å². The highest BCUT2D eigenvalue weighted by Crippen LogP contribution is 2.11. The Bertz CT molecular complexity index is 680. The lowest BCUT2D eigenvalue weighted by Gasteiger charge is -2.06. The van der Waals surface area contributed by atoms with Gasteiger partial charge in [-0.2, -0.15) is 0 Å². The van der Waals surface area contributed by atoms with E-state index in [0.717, 1.165) is 11.0 Å². The molecule has 1 heterocycles. The molecule has 2 amide bonds. The molecule has 0 saturated carbocycles. The number of carbonyl (C=O) groups excluding carboxylic acids is 2. The number of hydrogen-bond acceptors (Lipinski definition) is 4. The van der Waals surface area contributed by atoms with Crippen LogP contribution >= 0.6 is 0 Å². The summed E-state index contributed by atoms with van der Waals surface area (Å²) in [7, 11) is 0. The van der Waals surface area contributed by atoms with Crippen LogP contribution in [0.3, 0.4) is 0 Å². The monoisotopic (exact) mass is 290 g/mol. The Kier molecular flexibility index (Phi) is 4.50. The van der Waals surface area contributed by atoms with Gasteiger partial charge in [-0.25, -0.2) is 4.98 Å². The topological polar surface area (TPSA) is 113 Å². The zero-order valence-corrected chi connectivity index (χ0v) is 11.1. The Hall–Kier alpha value is -2.90. The number of imidazole rings is 1. The number of aromatic nitrogens is 2. The van der Waals surface area contributed by atoms with Crippen molar-refractivity contribution in [3.63, 3.8) is 0 Å². The van der Waals surface area contributed by atoms with E-state index in [4.69, 9.17) is 5.11 Å². The van der Waals surface area contributed by atoms with Gasteiger partial charge in [-0.3, -0.25) is 14.4 Å². The molecule has 0 bridgehead atoms. The number of fused-ring (bicyclic) bond motifs is 1. The summed E-state index contributed by atoms with van der Waals surface area (Å²) in [6.45, 7) is -0.702. The van der Waals surface area contributed by atoms with Crippen LogP contribution in [0.1, 0.15) is 0 Å². The van der Waals surface area contributed by atoms with Crippen LogP contribution in [0.25, 0.3) is 11.0 Å². The standard InChI is InChI=1S/C13H14N4O4/c18-11(15-6-13(20)21)5-14-12(19)7-17-8-16-9-3-1-2-4-10(9)17/h1-4,8H,5-7H2,(H,14,19)(H,15,18)(H,20,21). The van der Waals surface area contributed by atoms with Gasteiger partial charge in [0.2, 0.25) is 11.8 Å². The molecule has 0 aliphatic heterocycles. The Labute approximate surface area is 119 Å². The zero-order chi connectivity index (χ0) is 15.2. The Morgan fingerprint density at radius 3 is 2.57 bits per heavy atom. The largest absolute Gasteiger partial charge is 0.480 e. The summed E-state index contributed by atoms with van der Waals surface area (Å²) in [6, 6.07) is 7.38. The van der Waals surface area contributed by atoms with Gasteiger partial charge < -0.3 is 20.3 Å². The van der Waals surface area contributed by atoms with Crippen molar-refractivity contribution in [2.24, 2.45) is 0 Å². The van der Waals surface area contributed by atoms with E-state index in [9.17, 15) is 14.4 Å². The molecule has 0 aliphatic carbocycles. The first kappa shape index (κ1) is 14.5. The number of aliphatic carboxylic acids is 1. The maximum absolute atomic E-state index is 11.7. The summed E-state index contributed by atoms with van der Waals surface area (Å²) in [6.07, 6.45) is 1.55. The predicted octanol–water partition coefficient (Wildman–Crippen LogP) is -0.647. The predicted molar refractivity (Wildman–Crippen MR) is 73.4 cm³/mol. The van der Waals surface area contributed by atoms with E-state index < -0.39 is 18.4 Å². The zero-order valence-electron chi connectivity index (χ0n) is 11.1. The highest BCUT2D eigenvalue weighted by atomic mass is 16.4. The molecule has 0 saturated heterocycles. The second-order valence-corrected chi connectivity index (χ2v) is 4.31. The van der Waals surface area contributed by atoms with Gasteiger partial charge in [-0.15, -0.1) is 0 Å². The second-order valence-electron chi connectivity index (χ2n) is 4.31. The number of amides is 2. The van der Waals surface area contributed by atoms with Crippen molar-refractivity contribution in [2.75, 3.05) is 13.1 Å². The fourth-order valence-corrected chi connectivity index (χ4v) is 1.76. The average molecular weight is 290 g/mol. The van der Waals surface area contributed by atoms with Crippen LogP contribution in [-0.4, -0.2) is 45.5 Å². The number of nitrogens with one attached hydrogen (secondary N) is 2. The third kappa shape index (κ3) is 4.03. The summed E-state index contributed by atoms with van der Waals surface area (Å²) in [5.41, 5.74) is 1.60. The third-order valence-electron chi connectivity index (χ3n) is 2.72. The van der Waals surface area contributed by atoms with Gasteiger partial charge in [0.05, 0.1) is 23.9 Å². The molecular formula is C13H14N4O4. The SMILES string of the molecule is O=C(O)CNC(=O)CNC(=O)Cn1cnc2ccccc21. The van der Waals surface area contributed by atoms with E-state index in [2.05, 4.69) is 15.6 Å². The summed E-state index contributed by atoms with van der Waals surface area (Å²) in [5, 5.41) is 13.0. The van der Waals surface area contributed by atoms with E-state index >= 15 is 0 Å². The maximum atomic E-state index is 11.7. The molecule has 0 radical (unpaired) electrons. The molecule has 0 fully saturated rings. The normalized spacial score (nSPS) is 10.3. The lowest BCUT2D eigenvalue weighted by atomic mass is 10.3. The number of carbonyl (C=O) groups is 3. The summed E-state index contributed by atoms with van der Waals surface area (Å²) < 4.78 is 1.67. The molecule has 0 spiro atoms. The van der Waals surface area contributed by atoms with Crippen LogP contribution in [0.5, 0.6) is 0 Å². The second kappa shape index (κ2) is 6.51. The number of hydrogen-bond donors (Lipinski definition) is 3. The van der Waals surface area contributed by atoms with Crippen LogP contribution in [0.15, 0.2) is 30.6 Å². The highest BCUT2D eigenvalue weighted by Gasteiger charge is 2.09. The van der Waals surface area contributed by atoms with Crippen molar-refractivity contribution in [1.29, 1.82) is 0 Å². The minimum Gasteiger partial charge on any atom is -0.480 e. The lowest BCUT2D eigenvalue weighted by molar-refractivity contribution is -0.137. The van der Waals surface area contributed by atoms with Crippen molar-refractivity contribution in [3.8, 4) is 0 Å². The molecule has 2 aromatic rings. The fraction of sp³-hybridized carbons (Fsp3) is 0.231. The fourth-order valence-electron chi connectivity index (χ4n) is 1.76. The minimum atomic E-state index is -1.14. The summed E-state index contributed by atoms with van der Waals surface area (Å²) >= 11 is 0. The van der Waals surface area contributed by atoms with Crippen molar-refractivity contribution in [3.05, 3.63) is 30.6 Å². The van der Waals surface area contributed by atoms with Crippen molar-refractivity contribution >= 4 is 28.8 Å². The van der Waals surface area contributed by atoms with Crippen LogP contribution in [-0.2, 0) is 20.9 Å². The molecule has 3 N–H and O–H groups in total. The highest BCUT2D eigenvalue weighted by molar-refractivity contribution is 5.87. The van der Waals surface area contributed by atoms with Gasteiger partial charge in [0.25, 0.3) is 0 Å². The number of benzene rings is 1. The van der Waals surface area contributed by atoms with Crippen LogP contribution in [0.2, 0.25) is 0 Å². The smallest absolute Gasteiger partial charge is 0.322 e. The van der Waals surface area contributed by atoms with E-state index in [1.165, 1.54) is 0 Å². The molecule has 110 valence electrons. The first-order valence-electron chi connectivity index (χ1n) is 6.21. The van der Waals surface area contributed by atoms with Gasteiger partial charge >= 0.3 is 5.97 Å². The summed E-state index contributed by atoms with van der Waals surface area (Å²) in [5.74, 6) is -2.05. The van der Waals surface area contributed by atoms with Gasteiger partial charge in [-0.1, -0.05) is 12.1 Å². The minimum absolute atomic E-state index is 0.0344.